The van der Waals surface area contributed by atoms with Crippen molar-refractivity contribution in [2.75, 3.05) is 18.5 Å². The van der Waals surface area contributed by atoms with Crippen molar-refractivity contribution < 1.29 is 13.3 Å². The molecule has 11 heteroatoms. The number of hydrogen-bond donors (Lipinski definition) is 1. The number of nitrogens with one attached hydrogen (secondary N) is 1. The van der Waals surface area contributed by atoms with Gasteiger partial charge in [-0.1, -0.05) is 12.1 Å². The molecule has 0 spiro atoms. The average molecular weight is 440 g/mol. The van der Waals surface area contributed by atoms with Crippen LogP contribution in [0.4, 0.5) is 11.4 Å². The van der Waals surface area contributed by atoms with Crippen LogP contribution in [0, 0.1) is 10.1 Å². The van der Waals surface area contributed by atoms with Gasteiger partial charge in [-0.3, -0.25) is 15.5 Å². The molecule has 10 nitrogen and oxygen atoms in total. The van der Waals surface area contributed by atoms with Gasteiger partial charge in [0.05, 0.1) is 22.4 Å². The Morgan fingerprint density at radius 2 is 1.87 bits per heavy atom. The lowest BCUT2D eigenvalue weighted by atomic mass is 10.2. The molecule has 0 radical (unpaired) electrons. The molecular weight excluding hydrogens is 420 g/mol. The Kier molecular flexibility index (Phi) is 5.78. The minimum absolute atomic E-state index is 0.0919. The minimum atomic E-state index is -3.74. The van der Waals surface area contributed by atoms with Crippen molar-refractivity contribution in [2.45, 2.75) is 17.7 Å². The van der Waals surface area contributed by atoms with Gasteiger partial charge in [0.15, 0.2) is 0 Å². The van der Waals surface area contributed by atoms with E-state index in [1.54, 1.807) is 12.5 Å². The third-order valence-corrected chi connectivity index (χ3v) is 6.86. The zero-order valence-electron chi connectivity index (χ0n) is 16.5. The molecule has 2 aromatic carbocycles. The predicted octanol–water partition coefficient (Wildman–Crippen LogP) is 3.01. The van der Waals surface area contributed by atoms with E-state index in [2.05, 4.69) is 15.5 Å². The Hall–Kier alpha value is -3.57. The normalized spacial score (nSPS) is 14.8. The fourth-order valence-electron chi connectivity index (χ4n) is 3.32. The molecule has 0 saturated carbocycles. The van der Waals surface area contributed by atoms with Crippen LogP contribution in [-0.4, -0.2) is 46.5 Å². The zero-order valence-corrected chi connectivity index (χ0v) is 17.3. The summed E-state index contributed by atoms with van der Waals surface area (Å²) in [5.41, 5.74) is 4.11. The van der Waals surface area contributed by atoms with Crippen LogP contribution in [0.3, 0.4) is 0 Å². The smallest absolute Gasteiger partial charge is 0.295 e. The quantitative estimate of drug-likeness (QED) is 0.342. The first kappa shape index (κ1) is 20.7. The third-order valence-electron chi connectivity index (χ3n) is 4.96. The summed E-state index contributed by atoms with van der Waals surface area (Å²) in [4.78, 5) is 14.8. The van der Waals surface area contributed by atoms with Gasteiger partial charge in [-0.25, -0.2) is 13.4 Å². The molecule has 0 amide bonds. The third kappa shape index (κ3) is 4.47. The molecule has 1 fully saturated rings. The first-order valence-corrected chi connectivity index (χ1v) is 11.1. The highest BCUT2D eigenvalue weighted by molar-refractivity contribution is 7.89. The Morgan fingerprint density at radius 1 is 1.13 bits per heavy atom. The molecule has 0 unspecified atom stereocenters. The molecule has 1 aliphatic rings. The van der Waals surface area contributed by atoms with Gasteiger partial charge >= 0.3 is 0 Å². The zero-order chi connectivity index (χ0) is 21.8. The van der Waals surface area contributed by atoms with Crippen molar-refractivity contribution in [3.05, 3.63) is 76.9 Å². The van der Waals surface area contributed by atoms with Crippen molar-refractivity contribution in [2.24, 2.45) is 5.10 Å². The molecule has 1 aromatic heterocycles. The van der Waals surface area contributed by atoms with Gasteiger partial charge < -0.3 is 4.57 Å². The molecule has 1 saturated heterocycles. The average Bonchev–Trinajstić information content (AvgIpc) is 3.49. The summed E-state index contributed by atoms with van der Waals surface area (Å²) in [5.74, 6) is 0. The molecule has 31 heavy (non-hydrogen) atoms. The van der Waals surface area contributed by atoms with E-state index in [1.807, 2.05) is 35.0 Å². The molecule has 4 rings (SSSR count). The second-order valence-electron chi connectivity index (χ2n) is 6.98. The largest absolute Gasteiger partial charge is 0.306 e. The highest BCUT2D eigenvalue weighted by Gasteiger charge is 2.29. The van der Waals surface area contributed by atoms with Crippen molar-refractivity contribution in [3.63, 3.8) is 0 Å². The number of nitro benzene ring substituents is 1. The van der Waals surface area contributed by atoms with Crippen LogP contribution in [0.2, 0.25) is 0 Å². The van der Waals surface area contributed by atoms with Crippen LogP contribution in [-0.2, 0) is 10.0 Å². The Morgan fingerprint density at radius 3 is 2.52 bits per heavy atom. The van der Waals surface area contributed by atoms with Gasteiger partial charge in [0.2, 0.25) is 10.0 Å². The maximum absolute atomic E-state index is 12.7. The van der Waals surface area contributed by atoms with E-state index in [1.165, 1.54) is 22.7 Å². The van der Waals surface area contributed by atoms with Crippen molar-refractivity contribution in [1.82, 2.24) is 13.9 Å². The van der Waals surface area contributed by atoms with E-state index < -0.39 is 14.9 Å². The highest BCUT2D eigenvalue weighted by Crippen LogP contribution is 2.30. The molecule has 1 aliphatic heterocycles. The van der Waals surface area contributed by atoms with E-state index >= 15 is 0 Å². The molecule has 0 atom stereocenters. The lowest BCUT2D eigenvalue weighted by Crippen LogP contribution is -2.27. The summed E-state index contributed by atoms with van der Waals surface area (Å²) in [6, 6.07) is 11.3. The van der Waals surface area contributed by atoms with Crippen LogP contribution >= 0.6 is 0 Å². The number of hydrazone groups is 1. The van der Waals surface area contributed by atoms with Crippen LogP contribution < -0.4 is 5.43 Å². The van der Waals surface area contributed by atoms with Gasteiger partial charge in [0.25, 0.3) is 5.69 Å². The van der Waals surface area contributed by atoms with Gasteiger partial charge in [0, 0.05) is 37.2 Å². The van der Waals surface area contributed by atoms with Gasteiger partial charge in [-0.15, -0.1) is 0 Å². The number of imidazole rings is 1. The number of hydrogen-bond acceptors (Lipinski definition) is 7. The summed E-state index contributed by atoms with van der Waals surface area (Å²) in [5, 5.41) is 15.6. The number of sulfonamides is 1. The van der Waals surface area contributed by atoms with E-state index in [0.717, 1.165) is 30.2 Å². The lowest BCUT2D eigenvalue weighted by Gasteiger charge is -2.15. The summed E-state index contributed by atoms with van der Waals surface area (Å²) in [6.07, 6.45) is 8.32. The number of rotatable bonds is 7. The van der Waals surface area contributed by atoms with Crippen molar-refractivity contribution in [1.29, 1.82) is 0 Å². The van der Waals surface area contributed by atoms with Gasteiger partial charge in [-0.05, 0) is 42.7 Å². The van der Waals surface area contributed by atoms with E-state index in [9.17, 15) is 18.5 Å². The number of anilines is 1. The maximum Gasteiger partial charge on any atom is 0.295 e. The molecule has 160 valence electrons. The van der Waals surface area contributed by atoms with Crippen LogP contribution in [0.1, 0.15) is 18.4 Å². The topological polar surface area (TPSA) is 123 Å². The van der Waals surface area contributed by atoms with Crippen molar-refractivity contribution in [3.8, 4) is 5.69 Å². The number of aromatic nitrogens is 2. The molecule has 0 aliphatic carbocycles. The van der Waals surface area contributed by atoms with E-state index in [-0.39, 0.29) is 16.3 Å². The van der Waals surface area contributed by atoms with Gasteiger partial charge in [-0.2, -0.15) is 9.41 Å². The molecule has 1 N–H and O–H groups in total. The monoisotopic (exact) mass is 440 g/mol. The van der Waals surface area contributed by atoms with Gasteiger partial charge in [0.1, 0.15) is 5.69 Å². The summed E-state index contributed by atoms with van der Waals surface area (Å²) in [7, 11) is -3.74. The predicted molar refractivity (Wildman–Crippen MR) is 116 cm³/mol. The minimum Gasteiger partial charge on any atom is -0.306 e. The fourth-order valence-corrected chi connectivity index (χ4v) is 4.85. The fraction of sp³-hybridized carbons (Fsp3) is 0.200. The lowest BCUT2D eigenvalue weighted by molar-refractivity contribution is -0.384. The second-order valence-corrected chi connectivity index (χ2v) is 8.92. The summed E-state index contributed by atoms with van der Waals surface area (Å²) in [6.45, 7) is 0.861. The first-order chi connectivity index (χ1) is 14.9. The number of benzene rings is 2. The molecule has 3 aromatic rings. The van der Waals surface area contributed by atoms with Crippen LogP contribution in [0.15, 0.2) is 71.2 Å². The van der Waals surface area contributed by atoms with E-state index in [0.29, 0.717) is 13.1 Å². The van der Waals surface area contributed by atoms with Crippen LogP contribution in [0.5, 0.6) is 0 Å². The second kappa shape index (κ2) is 8.66. The summed E-state index contributed by atoms with van der Waals surface area (Å²) >= 11 is 0. The highest BCUT2D eigenvalue weighted by atomic mass is 32.2. The molecule has 2 heterocycles. The molecule has 0 bridgehead atoms. The Labute approximate surface area is 179 Å². The Balaban J connectivity index is 1.51. The van der Waals surface area contributed by atoms with E-state index in [4.69, 9.17) is 0 Å². The number of nitrogens with zero attached hydrogens (tertiary/aromatic N) is 5. The first-order valence-electron chi connectivity index (χ1n) is 9.61. The standard InChI is InChI=1S/C20H20N6O4S/c27-26(28)20-13-18(31(29,30)25-10-1-2-11-25)7-8-19(20)23-22-14-16-3-5-17(6-4-16)24-12-9-21-15-24/h3-9,12-15,23H,1-2,10-11H2/b22-14+. The number of nitro groups is 1. The van der Waals surface area contributed by atoms with Crippen LogP contribution in [0.25, 0.3) is 5.69 Å². The maximum atomic E-state index is 12.7. The van der Waals surface area contributed by atoms with Crippen molar-refractivity contribution >= 4 is 27.6 Å². The SMILES string of the molecule is O=[N+]([O-])c1cc(S(=O)(=O)N2CCCC2)ccc1N/N=C/c1ccc(-n2ccnc2)cc1. The molecular formula is C20H20N6O4S. The summed E-state index contributed by atoms with van der Waals surface area (Å²) < 4.78 is 28.6. The Bertz CT molecular complexity index is 1200.